The number of nitrogens with zero attached hydrogens (tertiary/aromatic N) is 1. The SMILES string of the molecule is CCOc1ccc(C2=C(Nc3ccc(C)cc3)C(=O)N(c3ccc(F)c(F)c3)C2=O)cc1. The molecule has 3 aromatic rings. The fraction of sp³-hybridized carbons (Fsp3) is 0.120. The Morgan fingerprint density at radius 3 is 2.19 bits per heavy atom. The molecule has 0 spiro atoms. The zero-order valence-electron chi connectivity index (χ0n) is 17.5. The van der Waals surface area contributed by atoms with Crippen molar-refractivity contribution in [2.45, 2.75) is 13.8 Å². The van der Waals surface area contributed by atoms with Gasteiger partial charge in [0.25, 0.3) is 11.8 Å². The molecule has 0 aromatic heterocycles. The molecule has 1 aliphatic rings. The fourth-order valence-electron chi connectivity index (χ4n) is 3.44. The van der Waals surface area contributed by atoms with Crippen LogP contribution in [-0.4, -0.2) is 18.4 Å². The van der Waals surface area contributed by atoms with E-state index in [4.69, 9.17) is 4.74 Å². The highest BCUT2D eigenvalue weighted by Crippen LogP contribution is 2.34. The standard InChI is InChI=1S/C25H20F2N2O3/c1-3-32-19-11-6-16(7-12-19)22-23(28-17-8-4-15(2)5-9-17)25(31)29(24(22)30)18-10-13-20(26)21(27)14-18/h4-14,28H,3H2,1-2H3. The maximum Gasteiger partial charge on any atom is 0.282 e. The van der Waals surface area contributed by atoms with Gasteiger partial charge in [-0.15, -0.1) is 0 Å². The van der Waals surface area contributed by atoms with Crippen LogP contribution in [0.15, 0.2) is 72.4 Å². The van der Waals surface area contributed by atoms with Gasteiger partial charge in [0.05, 0.1) is 17.9 Å². The molecule has 3 aromatic carbocycles. The number of nitrogens with one attached hydrogen (secondary N) is 1. The summed E-state index contributed by atoms with van der Waals surface area (Å²) in [7, 11) is 0. The maximum absolute atomic E-state index is 13.8. The third-order valence-corrected chi connectivity index (χ3v) is 5.02. The second-order valence-corrected chi connectivity index (χ2v) is 7.24. The molecule has 0 radical (unpaired) electrons. The minimum atomic E-state index is -1.15. The normalized spacial score (nSPS) is 13.7. The summed E-state index contributed by atoms with van der Waals surface area (Å²) in [5, 5.41) is 3.03. The van der Waals surface area contributed by atoms with E-state index in [2.05, 4.69) is 5.32 Å². The molecule has 32 heavy (non-hydrogen) atoms. The van der Waals surface area contributed by atoms with E-state index in [9.17, 15) is 18.4 Å². The molecule has 0 fully saturated rings. The van der Waals surface area contributed by atoms with Crippen LogP contribution < -0.4 is 15.0 Å². The molecule has 1 N–H and O–H groups in total. The zero-order valence-corrected chi connectivity index (χ0v) is 17.5. The van der Waals surface area contributed by atoms with Crippen LogP contribution in [0, 0.1) is 18.6 Å². The molecule has 0 atom stereocenters. The summed E-state index contributed by atoms with van der Waals surface area (Å²) in [6.07, 6.45) is 0. The number of carbonyl (C=O) groups is 2. The van der Waals surface area contributed by atoms with Gasteiger partial charge in [0.15, 0.2) is 11.6 Å². The smallest absolute Gasteiger partial charge is 0.282 e. The molecule has 0 bridgehead atoms. The number of anilines is 2. The summed E-state index contributed by atoms with van der Waals surface area (Å²) in [6, 6.07) is 17.0. The minimum absolute atomic E-state index is 0.0488. The molecule has 0 aliphatic carbocycles. The number of hydrogen-bond acceptors (Lipinski definition) is 4. The molecule has 1 aliphatic heterocycles. The molecule has 5 nitrogen and oxygen atoms in total. The van der Waals surface area contributed by atoms with Gasteiger partial charge in [-0.2, -0.15) is 0 Å². The third kappa shape index (κ3) is 3.97. The lowest BCUT2D eigenvalue weighted by Crippen LogP contribution is -2.32. The summed E-state index contributed by atoms with van der Waals surface area (Å²) in [5.74, 6) is -2.89. The highest BCUT2D eigenvalue weighted by atomic mass is 19.2. The Morgan fingerprint density at radius 1 is 0.875 bits per heavy atom. The Hall–Kier alpha value is -4.00. The van der Waals surface area contributed by atoms with Crippen LogP contribution in [0.25, 0.3) is 5.57 Å². The van der Waals surface area contributed by atoms with Crippen molar-refractivity contribution in [3.8, 4) is 5.75 Å². The summed E-state index contributed by atoms with van der Waals surface area (Å²) in [5.41, 5.74) is 2.27. The number of carbonyl (C=O) groups excluding carboxylic acids is 2. The van der Waals surface area contributed by atoms with Crippen molar-refractivity contribution in [1.82, 2.24) is 0 Å². The first-order valence-electron chi connectivity index (χ1n) is 10.0. The van der Waals surface area contributed by atoms with Crippen LogP contribution in [0.3, 0.4) is 0 Å². The minimum Gasteiger partial charge on any atom is -0.494 e. The Balaban J connectivity index is 1.79. The Kier molecular flexibility index (Phi) is 5.73. The van der Waals surface area contributed by atoms with Crippen molar-refractivity contribution < 1.29 is 23.1 Å². The van der Waals surface area contributed by atoms with E-state index >= 15 is 0 Å². The Morgan fingerprint density at radius 2 is 1.56 bits per heavy atom. The van der Waals surface area contributed by atoms with E-state index in [0.29, 0.717) is 23.6 Å². The van der Waals surface area contributed by atoms with E-state index in [-0.39, 0.29) is 17.0 Å². The van der Waals surface area contributed by atoms with Crippen LogP contribution in [0.2, 0.25) is 0 Å². The molecule has 162 valence electrons. The zero-order chi connectivity index (χ0) is 22.8. The average Bonchev–Trinajstić information content (AvgIpc) is 3.02. The van der Waals surface area contributed by atoms with E-state index in [1.807, 2.05) is 26.0 Å². The topological polar surface area (TPSA) is 58.6 Å². The third-order valence-electron chi connectivity index (χ3n) is 5.02. The summed E-state index contributed by atoms with van der Waals surface area (Å²) >= 11 is 0. The molecule has 4 rings (SSSR count). The average molecular weight is 434 g/mol. The lowest BCUT2D eigenvalue weighted by Gasteiger charge is -2.15. The number of rotatable bonds is 6. The van der Waals surface area contributed by atoms with Gasteiger partial charge in [0.2, 0.25) is 0 Å². The predicted molar refractivity (Wildman–Crippen MR) is 118 cm³/mol. The lowest BCUT2D eigenvalue weighted by atomic mass is 10.0. The van der Waals surface area contributed by atoms with Gasteiger partial charge >= 0.3 is 0 Å². The predicted octanol–water partition coefficient (Wildman–Crippen LogP) is 5.07. The van der Waals surface area contributed by atoms with Crippen molar-refractivity contribution in [2.24, 2.45) is 0 Å². The fourth-order valence-corrected chi connectivity index (χ4v) is 3.44. The number of imide groups is 1. The van der Waals surface area contributed by atoms with Crippen LogP contribution in [-0.2, 0) is 9.59 Å². The second-order valence-electron chi connectivity index (χ2n) is 7.24. The molecule has 0 unspecified atom stereocenters. The molecule has 1 heterocycles. The van der Waals surface area contributed by atoms with E-state index in [0.717, 1.165) is 22.6 Å². The highest BCUT2D eigenvalue weighted by Gasteiger charge is 2.40. The highest BCUT2D eigenvalue weighted by molar-refractivity contribution is 6.46. The van der Waals surface area contributed by atoms with E-state index in [1.165, 1.54) is 6.07 Å². The number of halogens is 2. The van der Waals surface area contributed by atoms with Crippen molar-refractivity contribution in [1.29, 1.82) is 0 Å². The number of amides is 2. The molecular weight excluding hydrogens is 414 g/mol. The van der Waals surface area contributed by atoms with Crippen LogP contribution in [0.1, 0.15) is 18.1 Å². The van der Waals surface area contributed by atoms with E-state index in [1.54, 1.807) is 36.4 Å². The first-order chi connectivity index (χ1) is 15.4. The van der Waals surface area contributed by atoms with Crippen molar-refractivity contribution in [2.75, 3.05) is 16.8 Å². The summed E-state index contributed by atoms with van der Waals surface area (Å²) in [4.78, 5) is 27.5. The van der Waals surface area contributed by atoms with Gasteiger partial charge in [-0.05, 0) is 55.8 Å². The van der Waals surface area contributed by atoms with Crippen LogP contribution >= 0.6 is 0 Å². The second kappa shape index (κ2) is 8.63. The van der Waals surface area contributed by atoms with Gasteiger partial charge in [0.1, 0.15) is 11.4 Å². The van der Waals surface area contributed by atoms with Crippen LogP contribution in [0.5, 0.6) is 5.75 Å². The first-order valence-corrected chi connectivity index (χ1v) is 10.0. The van der Waals surface area contributed by atoms with Gasteiger partial charge < -0.3 is 10.1 Å². The van der Waals surface area contributed by atoms with Gasteiger partial charge in [-0.25, -0.2) is 13.7 Å². The Labute approximate surface area is 183 Å². The van der Waals surface area contributed by atoms with Gasteiger partial charge in [0, 0.05) is 11.8 Å². The number of hydrogen-bond donors (Lipinski definition) is 1. The van der Waals surface area contributed by atoms with Gasteiger partial charge in [-0.3, -0.25) is 9.59 Å². The number of ether oxygens (including phenoxy) is 1. The van der Waals surface area contributed by atoms with Gasteiger partial charge in [-0.1, -0.05) is 29.8 Å². The maximum atomic E-state index is 13.8. The molecule has 7 heteroatoms. The van der Waals surface area contributed by atoms with Crippen molar-refractivity contribution in [3.63, 3.8) is 0 Å². The Bertz CT molecular complexity index is 1220. The molecular formula is C25H20F2N2O3. The van der Waals surface area contributed by atoms with E-state index < -0.39 is 23.4 Å². The summed E-state index contributed by atoms with van der Waals surface area (Å²) < 4.78 is 32.7. The van der Waals surface area contributed by atoms with Crippen molar-refractivity contribution in [3.05, 3.63) is 95.2 Å². The monoisotopic (exact) mass is 434 g/mol. The quantitative estimate of drug-likeness (QED) is 0.551. The largest absolute Gasteiger partial charge is 0.494 e. The van der Waals surface area contributed by atoms with Crippen molar-refractivity contribution >= 4 is 28.8 Å². The number of benzene rings is 3. The lowest BCUT2D eigenvalue weighted by molar-refractivity contribution is -0.120. The summed E-state index contributed by atoms with van der Waals surface area (Å²) in [6.45, 7) is 4.28. The molecule has 0 saturated heterocycles. The first kappa shape index (κ1) is 21.2. The number of aryl methyl sites for hydroxylation is 1. The molecule has 2 amide bonds. The molecule has 0 saturated carbocycles. The van der Waals surface area contributed by atoms with Crippen LogP contribution in [0.4, 0.5) is 20.2 Å².